The second kappa shape index (κ2) is 4.60. The zero-order valence-electron chi connectivity index (χ0n) is 7.71. The van der Waals surface area contributed by atoms with Gasteiger partial charge in [0, 0.05) is 13.0 Å². The van der Waals surface area contributed by atoms with E-state index in [0.717, 1.165) is 0 Å². The van der Waals surface area contributed by atoms with Crippen LogP contribution >= 0.6 is 0 Å². The topological polar surface area (TPSA) is 27.7 Å². The van der Waals surface area contributed by atoms with Crippen LogP contribution in [-0.4, -0.2) is 25.8 Å². The van der Waals surface area contributed by atoms with E-state index in [1.54, 1.807) is 0 Å². The zero-order valence-corrected chi connectivity index (χ0v) is 7.71. The lowest BCUT2D eigenvalue weighted by Gasteiger charge is -2.29. The Labute approximate surface area is 73.3 Å². The molecule has 0 aromatic carbocycles. The molecular weight excluding hydrogens is 156 g/mol. The summed E-state index contributed by atoms with van der Waals surface area (Å²) in [6, 6.07) is 0. The maximum Gasteiger partial charge on any atom is 0.283 e. The van der Waals surface area contributed by atoms with Gasteiger partial charge in [-0.1, -0.05) is 19.1 Å². The molecule has 0 saturated carbocycles. The lowest BCUT2D eigenvalue weighted by Crippen LogP contribution is -2.38. The highest BCUT2D eigenvalue weighted by Crippen LogP contribution is 2.21. The molecule has 0 unspecified atom stereocenters. The summed E-state index contributed by atoms with van der Waals surface area (Å²) in [4.78, 5) is 0. The third-order valence-corrected chi connectivity index (χ3v) is 1.76. The molecule has 1 heterocycles. The number of hydrogen-bond acceptors (Lipinski definition) is 3. The summed E-state index contributed by atoms with van der Waals surface area (Å²) in [6.45, 7) is 5.65. The van der Waals surface area contributed by atoms with Crippen LogP contribution in [0.15, 0.2) is 12.2 Å². The second-order valence-electron chi connectivity index (χ2n) is 2.56. The second-order valence-corrected chi connectivity index (χ2v) is 2.56. The van der Waals surface area contributed by atoms with Gasteiger partial charge in [0.1, 0.15) is 0 Å². The summed E-state index contributed by atoms with van der Waals surface area (Å²) < 4.78 is 16.3. The minimum absolute atomic E-state index is 0.563. The fraction of sp³-hybridized carbons (Fsp3) is 0.778. The number of ether oxygens (including phenoxy) is 3. The Kier molecular flexibility index (Phi) is 3.72. The summed E-state index contributed by atoms with van der Waals surface area (Å²) in [5, 5.41) is 0. The van der Waals surface area contributed by atoms with Crippen molar-refractivity contribution in [2.45, 2.75) is 26.2 Å². The van der Waals surface area contributed by atoms with Crippen LogP contribution in [0.25, 0.3) is 0 Å². The third kappa shape index (κ3) is 2.30. The largest absolute Gasteiger partial charge is 0.328 e. The molecule has 0 aromatic rings. The van der Waals surface area contributed by atoms with Crippen LogP contribution in [-0.2, 0) is 14.2 Å². The summed E-state index contributed by atoms with van der Waals surface area (Å²) in [7, 11) is 0. The smallest absolute Gasteiger partial charge is 0.283 e. The van der Waals surface area contributed by atoms with Crippen LogP contribution in [0.3, 0.4) is 0 Å². The maximum absolute atomic E-state index is 5.45. The highest BCUT2D eigenvalue weighted by Gasteiger charge is 2.31. The third-order valence-electron chi connectivity index (χ3n) is 1.76. The van der Waals surface area contributed by atoms with E-state index >= 15 is 0 Å². The van der Waals surface area contributed by atoms with Crippen molar-refractivity contribution in [3.05, 3.63) is 12.2 Å². The van der Waals surface area contributed by atoms with Crippen molar-refractivity contribution in [2.24, 2.45) is 0 Å². The average Bonchev–Trinajstić information content (AvgIpc) is 2.32. The molecule has 1 aliphatic rings. The van der Waals surface area contributed by atoms with Crippen LogP contribution in [0.2, 0.25) is 0 Å². The molecule has 0 N–H and O–H groups in total. The Balaban J connectivity index is 2.52. The van der Waals surface area contributed by atoms with Gasteiger partial charge in [-0.3, -0.25) is 0 Å². The zero-order chi connectivity index (χ0) is 8.86. The molecule has 70 valence electrons. The molecular formula is C9H16O3. The van der Waals surface area contributed by atoms with Crippen molar-refractivity contribution in [1.82, 2.24) is 0 Å². The molecule has 0 atom stereocenters. The lowest BCUT2D eigenvalue weighted by molar-refractivity contribution is -0.371. The van der Waals surface area contributed by atoms with Gasteiger partial charge in [0.25, 0.3) is 5.97 Å². The summed E-state index contributed by atoms with van der Waals surface area (Å²) in [6.07, 6.45) is 4.59. The van der Waals surface area contributed by atoms with Gasteiger partial charge in [-0.05, 0) is 6.92 Å². The number of hydrogen-bond donors (Lipinski definition) is 0. The van der Waals surface area contributed by atoms with Gasteiger partial charge >= 0.3 is 0 Å². The van der Waals surface area contributed by atoms with E-state index in [1.165, 1.54) is 0 Å². The van der Waals surface area contributed by atoms with Crippen molar-refractivity contribution in [3.63, 3.8) is 0 Å². The highest BCUT2D eigenvalue weighted by atomic mass is 16.9. The fourth-order valence-corrected chi connectivity index (χ4v) is 1.14. The molecule has 12 heavy (non-hydrogen) atoms. The summed E-state index contributed by atoms with van der Waals surface area (Å²) in [5.41, 5.74) is 0. The summed E-state index contributed by atoms with van der Waals surface area (Å²) in [5.74, 6) is -0.807. The number of rotatable bonds is 3. The minimum atomic E-state index is -0.807. The van der Waals surface area contributed by atoms with E-state index in [9.17, 15) is 0 Å². The monoisotopic (exact) mass is 172 g/mol. The Morgan fingerprint density at radius 3 is 2.25 bits per heavy atom. The lowest BCUT2D eigenvalue weighted by atomic mass is 10.4. The molecule has 3 nitrogen and oxygen atoms in total. The van der Waals surface area contributed by atoms with E-state index in [1.807, 2.05) is 26.0 Å². The van der Waals surface area contributed by atoms with Gasteiger partial charge in [-0.15, -0.1) is 0 Å². The van der Waals surface area contributed by atoms with Crippen molar-refractivity contribution < 1.29 is 14.2 Å². The van der Waals surface area contributed by atoms with Crippen LogP contribution < -0.4 is 0 Å². The van der Waals surface area contributed by atoms with E-state index in [4.69, 9.17) is 14.2 Å². The molecule has 0 amide bonds. The normalized spacial score (nSPS) is 22.2. The molecule has 1 aliphatic heterocycles. The van der Waals surface area contributed by atoms with Crippen molar-refractivity contribution in [3.8, 4) is 0 Å². The molecule has 0 saturated heterocycles. The standard InChI is InChI=1S/C9H16O3/c1-3-9(10-4-2)11-7-5-6-8-12-9/h5-6H,3-4,7-8H2,1-2H3. The molecule has 0 radical (unpaired) electrons. The Morgan fingerprint density at radius 2 is 1.83 bits per heavy atom. The van der Waals surface area contributed by atoms with Crippen LogP contribution in [0.4, 0.5) is 0 Å². The maximum atomic E-state index is 5.45. The van der Waals surface area contributed by atoms with Gasteiger partial charge in [0.2, 0.25) is 0 Å². The summed E-state index contributed by atoms with van der Waals surface area (Å²) >= 11 is 0. The van der Waals surface area contributed by atoms with Gasteiger partial charge in [0.15, 0.2) is 0 Å². The molecule has 1 rings (SSSR count). The molecule has 0 bridgehead atoms. The van der Waals surface area contributed by atoms with E-state index < -0.39 is 5.97 Å². The SMILES string of the molecule is CCOC1(CC)OCC=CCO1. The van der Waals surface area contributed by atoms with Gasteiger partial charge in [0.05, 0.1) is 13.2 Å². The highest BCUT2D eigenvalue weighted by molar-refractivity contribution is 4.84. The molecule has 0 aromatic heterocycles. The minimum Gasteiger partial charge on any atom is -0.328 e. The average molecular weight is 172 g/mol. The molecule has 0 spiro atoms. The van der Waals surface area contributed by atoms with Crippen molar-refractivity contribution >= 4 is 0 Å². The first-order chi connectivity index (χ1) is 5.83. The molecule has 0 fully saturated rings. The van der Waals surface area contributed by atoms with Crippen LogP contribution in [0, 0.1) is 0 Å². The van der Waals surface area contributed by atoms with Crippen LogP contribution in [0.5, 0.6) is 0 Å². The van der Waals surface area contributed by atoms with E-state index in [2.05, 4.69) is 0 Å². The fourth-order valence-electron chi connectivity index (χ4n) is 1.14. The first-order valence-electron chi connectivity index (χ1n) is 4.40. The van der Waals surface area contributed by atoms with Crippen molar-refractivity contribution in [2.75, 3.05) is 19.8 Å². The Bertz CT molecular complexity index is 144. The van der Waals surface area contributed by atoms with Gasteiger partial charge in [-0.2, -0.15) is 0 Å². The van der Waals surface area contributed by atoms with E-state index in [0.29, 0.717) is 26.2 Å². The quantitative estimate of drug-likeness (QED) is 0.606. The molecule has 0 aliphatic carbocycles. The first kappa shape index (κ1) is 9.71. The Morgan fingerprint density at radius 1 is 1.25 bits per heavy atom. The Hall–Kier alpha value is -0.380. The predicted octanol–water partition coefficient (Wildman–Crippen LogP) is 1.69. The van der Waals surface area contributed by atoms with Crippen LogP contribution in [0.1, 0.15) is 20.3 Å². The van der Waals surface area contributed by atoms with Gasteiger partial charge < -0.3 is 14.2 Å². The first-order valence-corrected chi connectivity index (χ1v) is 4.40. The van der Waals surface area contributed by atoms with Gasteiger partial charge in [-0.25, -0.2) is 0 Å². The molecule has 3 heteroatoms. The van der Waals surface area contributed by atoms with E-state index in [-0.39, 0.29) is 0 Å². The predicted molar refractivity (Wildman–Crippen MR) is 45.7 cm³/mol. The van der Waals surface area contributed by atoms with Crippen molar-refractivity contribution in [1.29, 1.82) is 0 Å².